The highest BCUT2D eigenvalue weighted by molar-refractivity contribution is 5.58. The molecule has 0 saturated carbocycles. The minimum atomic E-state index is 0.588. The Hall–Kier alpha value is -2.56. The van der Waals surface area contributed by atoms with Crippen LogP contribution in [-0.4, -0.2) is 25.1 Å². The smallest absolute Gasteiger partial charge is 0.221 e. The molecule has 3 aromatic rings. The standard InChI is InChI=1S/C12H8N5/c1-2-4-9(5-3-1)11-13-7-6-10(16-11)12-14-8-15-17-12/h1-7H,(H,14,15,17). The second-order valence-corrected chi connectivity index (χ2v) is 3.42. The van der Waals surface area contributed by atoms with Gasteiger partial charge in [-0.25, -0.2) is 15.0 Å². The molecule has 17 heavy (non-hydrogen) atoms. The SMILES string of the molecule is [c]1n[nH]c(-c2ccnc(-c3ccccc3)n2)n1. The van der Waals surface area contributed by atoms with Crippen LogP contribution in [0.25, 0.3) is 22.9 Å². The molecule has 0 bridgehead atoms. The van der Waals surface area contributed by atoms with Crippen LogP contribution in [0.4, 0.5) is 0 Å². The summed E-state index contributed by atoms with van der Waals surface area (Å²) in [6.45, 7) is 0. The molecule has 1 N–H and O–H groups in total. The first-order chi connectivity index (χ1) is 8.43. The summed E-state index contributed by atoms with van der Waals surface area (Å²) in [5.74, 6) is 1.25. The Morgan fingerprint density at radius 2 is 1.94 bits per heavy atom. The highest BCUT2D eigenvalue weighted by Crippen LogP contribution is 2.17. The molecule has 0 amide bonds. The van der Waals surface area contributed by atoms with Crippen molar-refractivity contribution in [3.05, 3.63) is 48.9 Å². The van der Waals surface area contributed by atoms with E-state index in [1.54, 1.807) is 12.3 Å². The van der Waals surface area contributed by atoms with Crippen molar-refractivity contribution < 1.29 is 0 Å². The summed E-state index contributed by atoms with van der Waals surface area (Å²) in [5.41, 5.74) is 1.67. The molecule has 2 heterocycles. The van der Waals surface area contributed by atoms with Crippen LogP contribution < -0.4 is 0 Å². The summed E-state index contributed by atoms with van der Waals surface area (Å²) in [6, 6.07) is 11.6. The van der Waals surface area contributed by atoms with E-state index in [0.29, 0.717) is 17.3 Å². The highest BCUT2D eigenvalue weighted by Gasteiger charge is 2.05. The van der Waals surface area contributed by atoms with Gasteiger partial charge in [0.15, 0.2) is 11.6 Å². The molecule has 0 fully saturated rings. The van der Waals surface area contributed by atoms with E-state index in [9.17, 15) is 0 Å². The van der Waals surface area contributed by atoms with Gasteiger partial charge in [0.2, 0.25) is 6.33 Å². The number of hydrogen-bond acceptors (Lipinski definition) is 4. The number of nitrogens with zero attached hydrogens (tertiary/aromatic N) is 4. The molecule has 0 spiro atoms. The number of H-pyrrole nitrogens is 1. The molecular formula is C12H8N5. The lowest BCUT2D eigenvalue weighted by Crippen LogP contribution is -1.92. The number of aromatic amines is 1. The van der Waals surface area contributed by atoms with Crippen LogP contribution in [0, 0.1) is 6.33 Å². The monoisotopic (exact) mass is 222 g/mol. The third-order valence-corrected chi connectivity index (χ3v) is 2.30. The van der Waals surface area contributed by atoms with Crippen molar-refractivity contribution in [3.8, 4) is 22.9 Å². The lowest BCUT2D eigenvalue weighted by atomic mass is 10.2. The van der Waals surface area contributed by atoms with Crippen LogP contribution in [0.3, 0.4) is 0 Å². The molecule has 5 nitrogen and oxygen atoms in total. The van der Waals surface area contributed by atoms with Gasteiger partial charge in [-0.3, -0.25) is 5.10 Å². The fourth-order valence-electron chi connectivity index (χ4n) is 1.51. The fraction of sp³-hybridized carbons (Fsp3) is 0. The van der Waals surface area contributed by atoms with E-state index in [4.69, 9.17) is 0 Å². The van der Waals surface area contributed by atoms with Gasteiger partial charge in [-0.2, -0.15) is 0 Å². The van der Waals surface area contributed by atoms with Crippen LogP contribution in [0.2, 0.25) is 0 Å². The zero-order chi connectivity index (χ0) is 11.5. The summed E-state index contributed by atoms with van der Waals surface area (Å²) < 4.78 is 0. The van der Waals surface area contributed by atoms with Gasteiger partial charge < -0.3 is 0 Å². The van der Waals surface area contributed by atoms with Crippen LogP contribution in [0.15, 0.2) is 42.6 Å². The second-order valence-electron chi connectivity index (χ2n) is 3.42. The number of aromatic nitrogens is 5. The molecular weight excluding hydrogens is 214 g/mol. The number of nitrogens with one attached hydrogen (secondary N) is 1. The minimum Gasteiger partial charge on any atom is -0.257 e. The van der Waals surface area contributed by atoms with Gasteiger partial charge in [-0.15, -0.1) is 5.10 Å². The molecule has 81 valence electrons. The van der Waals surface area contributed by atoms with Crippen LogP contribution >= 0.6 is 0 Å². The molecule has 1 aromatic carbocycles. The number of hydrogen-bond donors (Lipinski definition) is 1. The Kier molecular flexibility index (Phi) is 2.34. The first-order valence-electron chi connectivity index (χ1n) is 5.11. The second kappa shape index (κ2) is 4.13. The van der Waals surface area contributed by atoms with E-state index in [0.717, 1.165) is 5.56 Å². The van der Waals surface area contributed by atoms with E-state index in [1.165, 1.54) is 0 Å². The van der Waals surface area contributed by atoms with Gasteiger partial charge >= 0.3 is 0 Å². The quantitative estimate of drug-likeness (QED) is 0.717. The van der Waals surface area contributed by atoms with Gasteiger partial charge in [0.25, 0.3) is 0 Å². The average Bonchev–Trinajstić information content (AvgIpc) is 2.94. The topological polar surface area (TPSA) is 67.3 Å². The zero-order valence-electron chi connectivity index (χ0n) is 8.83. The molecule has 0 unspecified atom stereocenters. The number of rotatable bonds is 2. The van der Waals surface area contributed by atoms with Crippen molar-refractivity contribution >= 4 is 0 Å². The van der Waals surface area contributed by atoms with Crippen molar-refractivity contribution in [2.45, 2.75) is 0 Å². The Morgan fingerprint density at radius 1 is 1.06 bits per heavy atom. The molecule has 0 saturated heterocycles. The van der Waals surface area contributed by atoms with E-state index < -0.39 is 0 Å². The molecule has 0 aliphatic heterocycles. The third kappa shape index (κ3) is 1.90. The van der Waals surface area contributed by atoms with E-state index in [2.05, 4.69) is 31.5 Å². The minimum absolute atomic E-state index is 0.588. The summed E-state index contributed by atoms with van der Waals surface area (Å²) >= 11 is 0. The van der Waals surface area contributed by atoms with Crippen LogP contribution in [-0.2, 0) is 0 Å². The summed E-state index contributed by atoms with van der Waals surface area (Å²) in [6.07, 6.45) is 4.17. The van der Waals surface area contributed by atoms with Gasteiger partial charge in [-0.05, 0) is 6.07 Å². The van der Waals surface area contributed by atoms with Crippen molar-refractivity contribution in [3.63, 3.8) is 0 Å². The maximum atomic E-state index is 4.42. The maximum Gasteiger partial charge on any atom is 0.221 e. The Bertz CT molecular complexity index is 604. The maximum absolute atomic E-state index is 4.42. The van der Waals surface area contributed by atoms with Crippen LogP contribution in [0.1, 0.15) is 0 Å². The predicted octanol–water partition coefficient (Wildman–Crippen LogP) is 1.73. The van der Waals surface area contributed by atoms with Gasteiger partial charge in [0.05, 0.1) is 0 Å². The van der Waals surface area contributed by atoms with Crippen LogP contribution in [0.5, 0.6) is 0 Å². The molecule has 0 atom stereocenters. The zero-order valence-corrected chi connectivity index (χ0v) is 8.83. The van der Waals surface area contributed by atoms with Crippen molar-refractivity contribution in [1.29, 1.82) is 0 Å². The van der Waals surface area contributed by atoms with Gasteiger partial charge in [0, 0.05) is 11.8 Å². The summed E-state index contributed by atoms with van der Waals surface area (Å²) in [5, 5.41) is 6.40. The normalized spacial score (nSPS) is 10.4. The summed E-state index contributed by atoms with van der Waals surface area (Å²) in [4.78, 5) is 12.6. The highest BCUT2D eigenvalue weighted by atomic mass is 15.2. The third-order valence-electron chi connectivity index (χ3n) is 2.30. The Morgan fingerprint density at radius 3 is 2.71 bits per heavy atom. The van der Waals surface area contributed by atoms with E-state index in [1.807, 2.05) is 30.3 Å². The molecule has 0 aliphatic carbocycles. The first kappa shape index (κ1) is 9.65. The first-order valence-corrected chi connectivity index (χ1v) is 5.11. The lowest BCUT2D eigenvalue weighted by molar-refractivity contribution is 1.07. The predicted molar refractivity (Wildman–Crippen MR) is 61.7 cm³/mol. The largest absolute Gasteiger partial charge is 0.257 e. The van der Waals surface area contributed by atoms with Crippen molar-refractivity contribution in [2.75, 3.05) is 0 Å². The summed E-state index contributed by atoms with van der Waals surface area (Å²) in [7, 11) is 0. The fourth-order valence-corrected chi connectivity index (χ4v) is 1.51. The molecule has 1 radical (unpaired) electrons. The molecule has 2 aromatic heterocycles. The Balaban J connectivity index is 2.06. The Labute approximate surface area is 97.6 Å². The molecule has 0 aliphatic rings. The van der Waals surface area contributed by atoms with Gasteiger partial charge in [-0.1, -0.05) is 30.3 Å². The lowest BCUT2D eigenvalue weighted by Gasteiger charge is -2.01. The number of benzene rings is 1. The van der Waals surface area contributed by atoms with E-state index >= 15 is 0 Å². The van der Waals surface area contributed by atoms with E-state index in [-0.39, 0.29) is 0 Å². The van der Waals surface area contributed by atoms with Gasteiger partial charge in [0.1, 0.15) is 5.69 Å². The van der Waals surface area contributed by atoms with Crippen molar-refractivity contribution in [1.82, 2.24) is 25.1 Å². The average molecular weight is 222 g/mol. The molecule has 5 heteroatoms. The molecule has 3 rings (SSSR count). The van der Waals surface area contributed by atoms with Crippen molar-refractivity contribution in [2.24, 2.45) is 0 Å².